The molecule has 5 heteroatoms. The fourth-order valence-electron chi connectivity index (χ4n) is 4.99. The van der Waals surface area contributed by atoms with Gasteiger partial charge in [0.1, 0.15) is 24.5 Å². The van der Waals surface area contributed by atoms with Gasteiger partial charge in [0, 0.05) is 40.8 Å². The molecule has 5 rings (SSSR count). The van der Waals surface area contributed by atoms with Gasteiger partial charge in [-0.15, -0.1) is 0 Å². The van der Waals surface area contributed by atoms with Gasteiger partial charge in [0.05, 0.1) is 6.54 Å². The predicted octanol–water partition coefficient (Wildman–Crippen LogP) is 5.46. The van der Waals surface area contributed by atoms with Gasteiger partial charge in [0.15, 0.2) is 0 Å². The van der Waals surface area contributed by atoms with E-state index in [4.69, 9.17) is 14.7 Å². The number of aromatic nitrogens is 3. The predicted molar refractivity (Wildman–Crippen MR) is 128 cm³/mol. The standard InChI is InChI=1S/C27H32N4O/c1-4-20-6-5-7-24-25(13-20)29-17-30-27(24)31-10-11-32-26-9-8-21(14-23(26)16-31)22-12-18(2)19(3)28-15-22/h8-9,12,14-15,17,20H,4-7,10-11,13,16H2,1-3H3. The summed E-state index contributed by atoms with van der Waals surface area (Å²) in [6.07, 6.45) is 9.60. The number of hydrogen-bond donors (Lipinski definition) is 0. The molecule has 5 nitrogen and oxygen atoms in total. The number of aryl methyl sites for hydroxylation is 2. The van der Waals surface area contributed by atoms with Gasteiger partial charge >= 0.3 is 0 Å². The van der Waals surface area contributed by atoms with Gasteiger partial charge in [-0.1, -0.05) is 19.4 Å². The molecule has 32 heavy (non-hydrogen) atoms. The van der Waals surface area contributed by atoms with Gasteiger partial charge in [-0.3, -0.25) is 4.98 Å². The molecule has 0 saturated carbocycles. The van der Waals surface area contributed by atoms with Crippen LogP contribution in [0.4, 0.5) is 5.82 Å². The van der Waals surface area contributed by atoms with Crippen molar-refractivity contribution in [1.82, 2.24) is 15.0 Å². The van der Waals surface area contributed by atoms with Crippen molar-refractivity contribution in [1.29, 1.82) is 0 Å². The first-order chi connectivity index (χ1) is 15.6. The maximum Gasteiger partial charge on any atom is 0.135 e. The Morgan fingerprint density at radius 1 is 1.09 bits per heavy atom. The molecule has 166 valence electrons. The van der Waals surface area contributed by atoms with Crippen molar-refractivity contribution in [3.05, 3.63) is 64.9 Å². The molecule has 3 aromatic rings. The summed E-state index contributed by atoms with van der Waals surface area (Å²) in [7, 11) is 0. The van der Waals surface area contributed by atoms with E-state index in [-0.39, 0.29) is 0 Å². The van der Waals surface area contributed by atoms with Crippen LogP contribution in [0.15, 0.2) is 36.8 Å². The summed E-state index contributed by atoms with van der Waals surface area (Å²) in [5.74, 6) is 2.81. The molecule has 1 aromatic carbocycles. The molecule has 3 heterocycles. The minimum atomic E-state index is 0.661. The molecule has 0 saturated heterocycles. The number of anilines is 1. The second kappa shape index (κ2) is 8.89. The Morgan fingerprint density at radius 3 is 2.84 bits per heavy atom. The van der Waals surface area contributed by atoms with Gasteiger partial charge in [-0.05, 0) is 74.8 Å². The zero-order valence-corrected chi connectivity index (χ0v) is 19.4. The van der Waals surface area contributed by atoms with Crippen LogP contribution in [0.25, 0.3) is 11.1 Å². The topological polar surface area (TPSA) is 51.1 Å². The molecule has 1 aliphatic heterocycles. The molecule has 0 N–H and O–H groups in total. The monoisotopic (exact) mass is 428 g/mol. The highest BCUT2D eigenvalue weighted by atomic mass is 16.5. The van der Waals surface area contributed by atoms with Gasteiger partial charge in [0.2, 0.25) is 0 Å². The summed E-state index contributed by atoms with van der Waals surface area (Å²) >= 11 is 0. The van der Waals surface area contributed by atoms with E-state index >= 15 is 0 Å². The lowest BCUT2D eigenvalue weighted by atomic mass is 9.97. The van der Waals surface area contributed by atoms with E-state index in [1.54, 1.807) is 6.33 Å². The molecule has 2 aliphatic rings. The minimum Gasteiger partial charge on any atom is -0.491 e. The van der Waals surface area contributed by atoms with Gasteiger partial charge in [-0.2, -0.15) is 0 Å². The zero-order valence-electron chi connectivity index (χ0n) is 19.4. The molecule has 0 radical (unpaired) electrons. The van der Waals surface area contributed by atoms with E-state index < -0.39 is 0 Å². The van der Waals surface area contributed by atoms with Gasteiger partial charge < -0.3 is 9.64 Å². The second-order valence-corrected chi connectivity index (χ2v) is 9.21. The Bertz CT molecular complexity index is 1130. The SMILES string of the molecule is CCC1CCCc2c(ncnc2N2CCOc3ccc(-c4cnc(C)c(C)c4)cc3C2)C1. The Labute approximate surface area is 190 Å². The molecule has 1 unspecified atom stereocenters. The zero-order chi connectivity index (χ0) is 22.1. The van der Waals surface area contributed by atoms with E-state index in [1.807, 2.05) is 6.20 Å². The first kappa shape index (κ1) is 20.9. The van der Waals surface area contributed by atoms with Crippen molar-refractivity contribution in [2.24, 2.45) is 5.92 Å². The van der Waals surface area contributed by atoms with Crippen molar-refractivity contribution in [3.8, 4) is 16.9 Å². The van der Waals surface area contributed by atoms with Crippen molar-refractivity contribution in [2.75, 3.05) is 18.1 Å². The summed E-state index contributed by atoms with van der Waals surface area (Å²) in [4.78, 5) is 16.4. The van der Waals surface area contributed by atoms with E-state index in [9.17, 15) is 0 Å². The van der Waals surface area contributed by atoms with Crippen LogP contribution in [-0.2, 0) is 19.4 Å². The van der Waals surface area contributed by atoms with Crippen LogP contribution in [0.3, 0.4) is 0 Å². The Morgan fingerprint density at radius 2 is 2.00 bits per heavy atom. The highest BCUT2D eigenvalue weighted by Crippen LogP contribution is 2.34. The Balaban J connectivity index is 1.48. The fraction of sp³-hybridized carbons (Fsp3) is 0.444. The van der Waals surface area contributed by atoms with E-state index in [0.717, 1.165) is 54.7 Å². The van der Waals surface area contributed by atoms with Crippen molar-refractivity contribution in [2.45, 2.75) is 59.4 Å². The van der Waals surface area contributed by atoms with Crippen molar-refractivity contribution >= 4 is 5.82 Å². The van der Waals surface area contributed by atoms with Crippen LogP contribution in [-0.4, -0.2) is 28.1 Å². The quantitative estimate of drug-likeness (QED) is 0.519. The maximum atomic E-state index is 6.14. The molecule has 0 amide bonds. The number of rotatable bonds is 3. The lowest BCUT2D eigenvalue weighted by Crippen LogP contribution is -2.28. The highest BCUT2D eigenvalue weighted by Gasteiger charge is 2.24. The number of benzene rings is 1. The van der Waals surface area contributed by atoms with E-state index in [1.165, 1.54) is 47.2 Å². The summed E-state index contributed by atoms with van der Waals surface area (Å²) in [6.45, 7) is 8.74. The highest BCUT2D eigenvalue weighted by molar-refractivity contribution is 5.66. The van der Waals surface area contributed by atoms with Crippen LogP contribution >= 0.6 is 0 Å². The van der Waals surface area contributed by atoms with Crippen LogP contribution < -0.4 is 9.64 Å². The normalized spacial score (nSPS) is 18.2. The third-order valence-corrected chi connectivity index (χ3v) is 7.12. The third-order valence-electron chi connectivity index (χ3n) is 7.12. The lowest BCUT2D eigenvalue weighted by Gasteiger charge is -2.24. The van der Waals surface area contributed by atoms with Crippen LogP contribution in [0.2, 0.25) is 0 Å². The van der Waals surface area contributed by atoms with E-state index in [2.05, 4.69) is 54.9 Å². The number of hydrogen-bond acceptors (Lipinski definition) is 5. The third kappa shape index (κ3) is 4.08. The summed E-state index contributed by atoms with van der Waals surface area (Å²) in [5.41, 5.74) is 8.41. The molecule has 2 aromatic heterocycles. The Kier molecular flexibility index (Phi) is 5.81. The first-order valence-corrected chi connectivity index (χ1v) is 11.9. The first-order valence-electron chi connectivity index (χ1n) is 11.9. The maximum absolute atomic E-state index is 6.14. The number of fused-ring (bicyclic) bond motifs is 2. The van der Waals surface area contributed by atoms with Crippen LogP contribution in [0, 0.1) is 19.8 Å². The average Bonchev–Trinajstić information content (AvgIpc) is 3.16. The molecule has 0 bridgehead atoms. The van der Waals surface area contributed by atoms with Crippen molar-refractivity contribution < 1.29 is 4.74 Å². The molecule has 1 aliphatic carbocycles. The molecule has 0 fully saturated rings. The molecular weight excluding hydrogens is 396 g/mol. The van der Waals surface area contributed by atoms with Gasteiger partial charge in [0.25, 0.3) is 0 Å². The number of ether oxygens (including phenoxy) is 1. The molecule has 1 atom stereocenters. The van der Waals surface area contributed by atoms with Crippen LogP contribution in [0.5, 0.6) is 5.75 Å². The summed E-state index contributed by atoms with van der Waals surface area (Å²) in [6, 6.07) is 8.72. The van der Waals surface area contributed by atoms with Gasteiger partial charge in [-0.25, -0.2) is 9.97 Å². The minimum absolute atomic E-state index is 0.661. The average molecular weight is 429 g/mol. The van der Waals surface area contributed by atoms with E-state index in [0.29, 0.717) is 6.61 Å². The summed E-state index contributed by atoms with van der Waals surface area (Å²) < 4.78 is 6.14. The Hall–Kier alpha value is -2.95. The summed E-state index contributed by atoms with van der Waals surface area (Å²) in [5, 5.41) is 0. The van der Waals surface area contributed by atoms with Crippen molar-refractivity contribution in [3.63, 3.8) is 0 Å². The number of nitrogens with zero attached hydrogens (tertiary/aromatic N) is 4. The van der Waals surface area contributed by atoms with Crippen LogP contribution in [0.1, 0.15) is 54.3 Å². The second-order valence-electron chi connectivity index (χ2n) is 9.21. The lowest BCUT2D eigenvalue weighted by molar-refractivity contribution is 0.331. The number of pyridine rings is 1. The fourth-order valence-corrected chi connectivity index (χ4v) is 4.99. The largest absolute Gasteiger partial charge is 0.491 e. The molecular formula is C27H32N4O. The smallest absolute Gasteiger partial charge is 0.135 e. The molecule has 0 spiro atoms.